The quantitative estimate of drug-likeness (QED) is 0.348. The van der Waals surface area contributed by atoms with Crippen molar-refractivity contribution < 1.29 is 9.52 Å². The predicted octanol–water partition coefficient (Wildman–Crippen LogP) is 7.22. The lowest BCUT2D eigenvalue weighted by Gasteiger charge is -2.03. The summed E-state index contributed by atoms with van der Waals surface area (Å²) in [6, 6.07) is 14.1. The molecule has 0 saturated carbocycles. The van der Waals surface area contributed by atoms with Crippen LogP contribution in [-0.2, 0) is 0 Å². The fourth-order valence-electron chi connectivity index (χ4n) is 2.74. The third-order valence-corrected chi connectivity index (χ3v) is 4.97. The highest BCUT2D eigenvalue weighted by Gasteiger charge is 2.13. The van der Waals surface area contributed by atoms with Crippen LogP contribution in [0, 0.1) is 6.92 Å². The number of aromatic nitrogens is 1. The molecule has 0 unspecified atom stereocenters. The number of benzene rings is 3. The minimum Gasteiger partial charge on any atom is -0.506 e. The summed E-state index contributed by atoms with van der Waals surface area (Å²) in [6.45, 7) is 1.99. The van der Waals surface area contributed by atoms with Crippen LogP contribution in [0.5, 0.6) is 5.75 Å². The summed E-state index contributed by atoms with van der Waals surface area (Å²) in [5.41, 5.74) is 4.18. The Morgan fingerprint density at radius 1 is 1.00 bits per heavy atom. The average molecular weight is 432 g/mol. The summed E-state index contributed by atoms with van der Waals surface area (Å²) in [7, 11) is 0. The minimum atomic E-state index is -0.0849. The second-order valence-electron chi connectivity index (χ2n) is 6.24. The number of nitrogens with zero attached hydrogens (tertiary/aromatic N) is 2. The highest BCUT2D eigenvalue weighted by atomic mass is 35.5. The monoisotopic (exact) mass is 430 g/mol. The van der Waals surface area contributed by atoms with Gasteiger partial charge in [-0.1, -0.05) is 40.9 Å². The zero-order valence-electron chi connectivity index (χ0n) is 14.6. The van der Waals surface area contributed by atoms with Gasteiger partial charge in [0.1, 0.15) is 11.3 Å². The molecule has 3 aromatic carbocycles. The Morgan fingerprint density at radius 2 is 1.82 bits per heavy atom. The van der Waals surface area contributed by atoms with Crippen molar-refractivity contribution in [2.75, 3.05) is 0 Å². The van der Waals surface area contributed by atoms with Crippen LogP contribution >= 0.6 is 34.8 Å². The summed E-state index contributed by atoms with van der Waals surface area (Å²) >= 11 is 18.3. The van der Waals surface area contributed by atoms with E-state index in [1.165, 1.54) is 12.3 Å². The molecule has 0 fully saturated rings. The van der Waals surface area contributed by atoms with Gasteiger partial charge >= 0.3 is 0 Å². The van der Waals surface area contributed by atoms with Crippen LogP contribution in [0.2, 0.25) is 15.1 Å². The molecule has 0 spiro atoms. The molecule has 0 saturated heterocycles. The van der Waals surface area contributed by atoms with E-state index in [0.29, 0.717) is 38.3 Å². The smallest absolute Gasteiger partial charge is 0.228 e. The normalized spacial score (nSPS) is 11.6. The van der Waals surface area contributed by atoms with Gasteiger partial charge < -0.3 is 9.52 Å². The molecule has 0 aliphatic carbocycles. The highest BCUT2D eigenvalue weighted by molar-refractivity contribution is 6.36. The van der Waals surface area contributed by atoms with Gasteiger partial charge in [0.05, 0.1) is 21.3 Å². The number of phenolic OH excluding ortho intramolecular Hbond substituents is 1. The average Bonchev–Trinajstić information content (AvgIpc) is 3.07. The van der Waals surface area contributed by atoms with Crippen LogP contribution in [0.15, 0.2) is 57.9 Å². The van der Waals surface area contributed by atoms with Crippen molar-refractivity contribution in [1.82, 2.24) is 4.98 Å². The second kappa shape index (κ2) is 7.47. The molecule has 0 bridgehead atoms. The fraction of sp³-hybridized carbons (Fsp3) is 0.0476. The van der Waals surface area contributed by atoms with Crippen molar-refractivity contribution >= 4 is 57.8 Å². The van der Waals surface area contributed by atoms with Crippen molar-refractivity contribution in [3.63, 3.8) is 0 Å². The van der Waals surface area contributed by atoms with Gasteiger partial charge in [0.15, 0.2) is 5.58 Å². The van der Waals surface area contributed by atoms with Crippen LogP contribution in [-0.4, -0.2) is 16.3 Å². The van der Waals surface area contributed by atoms with E-state index in [9.17, 15) is 5.11 Å². The van der Waals surface area contributed by atoms with Gasteiger partial charge in [-0.15, -0.1) is 0 Å². The van der Waals surface area contributed by atoms with Crippen LogP contribution in [0.3, 0.4) is 0 Å². The predicted molar refractivity (Wildman–Crippen MR) is 115 cm³/mol. The number of aliphatic imine (C=N–C) groups is 1. The van der Waals surface area contributed by atoms with Crippen molar-refractivity contribution in [2.45, 2.75) is 6.92 Å². The molecule has 0 amide bonds. The van der Waals surface area contributed by atoms with E-state index in [-0.39, 0.29) is 10.8 Å². The van der Waals surface area contributed by atoms with Gasteiger partial charge in [0, 0.05) is 16.8 Å². The zero-order chi connectivity index (χ0) is 19.8. The Labute approximate surface area is 176 Å². The fourth-order valence-corrected chi connectivity index (χ4v) is 3.45. The molecule has 0 aliphatic heterocycles. The van der Waals surface area contributed by atoms with E-state index < -0.39 is 0 Å². The Bertz CT molecular complexity index is 1230. The molecule has 4 aromatic rings. The lowest BCUT2D eigenvalue weighted by Crippen LogP contribution is -1.84. The Kier molecular flexibility index (Phi) is 5.02. The maximum absolute atomic E-state index is 10.1. The number of hydrogen-bond donors (Lipinski definition) is 1. The highest BCUT2D eigenvalue weighted by Crippen LogP contribution is 2.34. The van der Waals surface area contributed by atoms with Crippen LogP contribution in [0.4, 0.5) is 5.69 Å². The first-order valence-electron chi connectivity index (χ1n) is 8.30. The standard InChI is InChI=1S/C21H13Cl3N2O2/c1-11-2-5-19-18(6-11)26-21(28-19)15-9-14(3-4-16(15)23)25-10-12-7-13(22)8-17(24)20(12)27/h2-10,27H,1H3. The molecule has 1 heterocycles. The van der Waals surface area contributed by atoms with Crippen molar-refractivity contribution in [2.24, 2.45) is 4.99 Å². The summed E-state index contributed by atoms with van der Waals surface area (Å²) < 4.78 is 5.84. The largest absolute Gasteiger partial charge is 0.506 e. The van der Waals surface area contributed by atoms with E-state index in [2.05, 4.69) is 9.98 Å². The maximum atomic E-state index is 10.1. The van der Waals surface area contributed by atoms with Gasteiger partial charge in [0.25, 0.3) is 0 Å². The first kappa shape index (κ1) is 18.8. The van der Waals surface area contributed by atoms with Gasteiger partial charge in [0.2, 0.25) is 5.89 Å². The van der Waals surface area contributed by atoms with Crippen molar-refractivity contribution in [3.8, 4) is 17.2 Å². The Morgan fingerprint density at radius 3 is 2.64 bits per heavy atom. The summed E-state index contributed by atoms with van der Waals surface area (Å²) in [5.74, 6) is 0.328. The van der Waals surface area contributed by atoms with Gasteiger partial charge in [-0.05, 0) is 55.0 Å². The molecule has 7 heteroatoms. The molecule has 4 nitrogen and oxygen atoms in total. The molecular weight excluding hydrogens is 419 g/mol. The summed E-state index contributed by atoms with van der Waals surface area (Å²) in [5, 5.41) is 11.1. The number of oxazole rings is 1. The SMILES string of the molecule is Cc1ccc2oc(-c3cc(N=Cc4cc(Cl)cc(Cl)c4O)ccc3Cl)nc2c1. The Hall–Kier alpha value is -2.53. The first-order valence-corrected chi connectivity index (χ1v) is 9.43. The lowest BCUT2D eigenvalue weighted by molar-refractivity contribution is 0.475. The first-order chi connectivity index (χ1) is 13.4. The molecule has 0 atom stereocenters. The number of hydrogen-bond acceptors (Lipinski definition) is 4. The second-order valence-corrected chi connectivity index (χ2v) is 7.49. The number of aryl methyl sites for hydroxylation is 1. The maximum Gasteiger partial charge on any atom is 0.228 e. The topological polar surface area (TPSA) is 58.6 Å². The molecular formula is C21H13Cl3N2O2. The molecule has 4 rings (SSSR count). The van der Waals surface area contributed by atoms with E-state index in [1.54, 1.807) is 24.3 Å². The molecule has 140 valence electrons. The van der Waals surface area contributed by atoms with Gasteiger partial charge in [-0.25, -0.2) is 4.98 Å². The van der Waals surface area contributed by atoms with E-state index in [0.717, 1.165) is 11.1 Å². The zero-order valence-corrected chi connectivity index (χ0v) is 16.8. The Balaban J connectivity index is 1.73. The number of rotatable bonds is 3. The third kappa shape index (κ3) is 3.72. The summed E-state index contributed by atoms with van der Waals surface area (Å²) in [6.07, 6.45) is 1.48. The molecule has 0 aliphatic rings. The van der Waals surface area contributed by atoms with E-state index in [4.69, 9.17) is 39.2 Å². The number of aromatic hydroxyl groups is 1. The van der Waals surface area contributed by atoms with Crippen LogP contribution in [0.25, 0.3) is 22.6 Å². The van der Waals surface area contributed by atoms with Gasteiger partial charge in [-0.2, -0.15) is 0 Å². The van der Waals surface area contributed by atoms with Crippen LogP contribution < -0.4 is 0 Å². The van der Waals surface area contributed by atoms with Crippen molar-refractivity contribution in [3.05, 3.63) is 74.7 Å². The molecule has 28 heavy (non-hydrogen) atoms. The third-order valence-electron chi connectivity index (χ3n) is 4.13. The lowest BCUT2D eigenvalue weighted by atomic mass is 10.2. The molecule has 0 radical (unpaired) electrons. The van der Waals surface area contributed by atoms with Gasteiger partial charge in [-0.3, -0.25) is 4.99 Å². The molecule has 1 N–H and O–H groups in total. The number of fused-ring (bicyclic) bond motifs is 1. The molecule has 1 aromatic heterocycles. The minimum absolute atomic E-state index is 0.0849. The van der Waals surface area contributed by atoms with E-state index in [1.807, 2.05) is 25.1 Å². The van der Waals surface area contributed by atoms with Crippen molar-refractivity contribution in [1.29, 1.82) is 0 Å². The number of halogens is 3. The van der Waals surface area contributed by atoms with E-state index >= 15 is 0 Å². The number of phenols is 1. The summed E-state index contributed by atoms with van der Waals surface area (Å²) in [4.78, 5) is 8.91. The van der Waals surface area contributed by atoms with Crippen LogP contribution in [0.1, 0.15) is 11.1 Å².